The highest BCUT2D eigenvalue weighted by atomic mass is 35.5. The number of hydrogen-bond acceptors (Lipinski definition) is 4. The average molecular weight is 206 g/mol. The van der Waals surface area contributed by atoms with Crippen LogP contribution in [0.5, 0.6) is 0 Å². The molecule has 0 bridgehead atoms. The van der Waals surface area contributed by atoms with Gasteiger partial charge in [0.2, 0.25) is 5.13 Å². The van der Waals surface area contributed by atoms with Crippen molar-refractivity contribution >= 4 is 28.3 Å². The van der Waals surface area contributed by atoms with Gasteiger partial charge in [-0.15, -0.1) is 11.6 Å². The van der Waals surface area contributed by atoms with Crippen molar-refractivity contribution in [3.63, 3.8) is 0 Å². The standard InChI is InChI=1S/C7H12ClN3S/c8-4-2-1-3-5-9-7-10-6-11-12-7/h6H,1-5H2,(H,9,10,11). The molecule has 3 nitrogen and oxygen atoms in total. The number of hydrogen-bond donors (Lipinski definition) is 1. The molecule has 68 valence electrons. The highest BCUT2D eigenvalue weighted by molar-refractivity contribution is 7.09. The maximum absolute atomic E-state index is 5.54. The molecule has 0 aromatic carbocycles. The summed E-state index contributed by atoms with van der Waals surface area (Å²) in [6, 6.07) is 0. The Bertz CT molecular complexity index is 191. The third kappa shape index (κ3) is 3.88. The number of anilines is 1. The van der Waals surface area contributed by atoms with Gasteiger partial charge < -0.3 is 5.32 Å². The maximum Gasteiger partial charge on any atom is 0.202 e. The number of aromatic nitrogens is 2. The molecular weight excluding hydrogens is 194 g/mol. The average Bonchev–Trinajstić information content (AvgIpc) is 2.57. The van der Waals surface area contributed by atoms with Crippen LogP contribution in [0.4, 0.5) is 5.13 Å². The van der Waals surface area contributed by atoms with Gasteiger partial charge >= 0.3 is 0 Å². The zero-order chi connectivity index (χ0) is 8.65. The maximum atomic E-state index is 5.54. The lowest BCUT2D eigenvalue weighted by atomic mass is 10.2. The van der Waals surface area contributed by atoms with Crippen molar-refractivity contribution in [3.05, 3.63) is 6.33 Å². The van der Waals surface area contributed by atoms with Crippen LogP contribution in [0.1, 0.15) is 19.3 Å². The molecule has 1 aromatic rings. The van der Waals surface area contributed by atoms with E-state index < -0.39 is 0 Å². The van der Waals surface area contributed by atoms with E-state index in [4.69, 9.17) is 11.6 Å². The Morgan fingerprint density at radius 2 is 2.33 bits per heavy atom. The van der Waals surface area contributed by atoms with Gasteiger partial charge in [0.15, 0.2) is 0 Å². The molecule has 0 fully saturated rings. The monoisotopic (exact) mass is 205 g/mol. The topological polar surface area (TPSA) is 37.8 Å². The molecule has 0 amide bonds. The largest absolute Gasteiger partial charge is 0.360 e. The van der Waals surface area contributed by atoms with E-state index in [9.17, 15) is 0 Å². The van der Waals surface area contributed by atoms with Gasteiger partial charge in [0.25, 0.3) is 0 Å². The SMILES string of the molecule is ClCCCCCNc1ncns1. The van der Waals surface area contributed by atoms with Gasteiger partial charge in [-0.2, -0.15) is 4.37 Å². The Hall–Kier alpha value is -0.350. The number of halogens is 1. The molecule has 0 radical (unpaired) electrons. The van der Waals surface area contributed by atoms with Crippen LogP contribution in [0, 0.1) is 0 Å². The van der Waals surface area contributed by atoms with Crippen LogP contribution in [0.25, 0.3) is 0 Å². The van der Waals surface area contributed by atoms with Crippen molar-refractivity contribution in [2.45, 2.75) is 19.3 Å². The summed E-state index contributed by atoms with van der Waals surface area (Å²) >= 11 is 6.93. The fourth-order valence-electron chi connectivity index (χ4n) is 0.843. The van der Waals surface area contributed by atoms with Gasteiger partial charge in [-0.05, 0) is 12.8 Å². The molecular formula is C7H12ClN3S. The van der Waals surface area contributed by atoms with Crippen LogP contribution in [-0.2, 0) is 0 Å². The predicted octanol–water partition coefficient (Wildman–Crippen LogP) is 2.36. The van der Waals surface area contributed by atoms with Crippen LogP contribution in [0.2, 0.25) is 0 Å². The van der Waals surface area contributed by atoms with E-state index >= 15 is 0 Å². The predicted molar refractivity (Wildman–Crippen MR) is 53.0 cm³/mol. The van der Waals surface area contributed by atoms with E-state index in [1.54, 1.807) is 6.33 Å². The van der Waals surface area contributed by atoms with Crippen molar-refractivity contribution in [1.82, 2.24) is 9.36 Å². The summed E-state index contributed by atoms with van der Waals surface area (Å²) in [6.45, 7) is 0.964. The Labute approximate surface area is 81.3 Å². The van der Waals surface area contributed by atoms with Gasteiger partial charge in [-0.1, -0.05) is 6.42 Å². The van der Waals surface area contributed by atoms with Crippen LogP contribution >= 0.6 is 23.1 Å². The molecule has 0 aliphatic carbocycles. The van der Waals surface area contributed by atoms with Crippen molar-refractivity contribution < 1.29 is 0 Å². The lowest BCUT2D eigenvalue weighted by Gasteiger charge is -1.99. The summed E-state index contributed by atoms with van der Waals surface area (Å²) in [5.41, 5.74) is 0. The minimum atomic E-state index is 0.763. The minimum Gasteiger partial charge on any atom is -0.360 e. The van der Waals surface area contributed by atoms with Gasteiger partial charge in [0.1, 0.15) is 6.33 Å². The van der Waals surface area contributed by atoms with Gasteiger partial charge in [0, 0.05) is 24.0 Å². The van der Waals surface area contributed by atoms with Crippen LogP contribution < -0.4 is 5.32 Å². The third-order valence-electron chi connectivity index (χ3n) is 1.45. The van der Waals surface area contributed by atoms with E-state index in [0.717, 1.165) is 30.4 Å². The number of nitrogens with one attached hydrogen (secondary N) is 1. The van der Waals surface area contributed by atoms with Gasteiger partial charge in [-0.25, -0.2) is 4.98 Å². The zero-order valence-electron chi connectivity index (χ0n) is 6.79. The Morgan fingerprint density at radius 1 is 1.42 bits per heavy atom. The minimum absolute atomic E-state index is 0.763. The Morgan fingerprint density at radius 3 is 3.00 bits per heavy atom. The fourth-order valence-corrected chi connectivity index (χ4v) is 1.49. The second kappa shape index (κ2) is 6.20. The molecule has 5 heteroatoms. The van der Waals surface area contributed by atoms with Crippen LogP contribution in [0.3, 0.4) is 0 Å². The van der Waals surface area contributed by atoms with E-state index in [-0.39, 0.29) is 0 Å². The summed E-state index contributed by atoms with van der Waals surface area (Å²) < 4.78 is 3.88. The van der Waals surface area contributed by atoms with E-state index in [2.05, 4.69) is 14.7 Å². The molecule has 0 aliphatic heterocycles. The molecule has 0 saturated carbocycles. The summed E-state index contributed by atoms with van der Waals surface area (Å²) in [4.78, 5) is 4.00. The van der Waals surface area contributed by atoms with Crippen LogP contribution in [0.15, 0.2) is 6.33 Å². The Kier molecular flexibility index (Phi) is 5.03. The number of rotatable bonds is 6. The molecule has 1 aromatic heterocycles. The van der Waals surface area contributed by atoms with Crippen molar-refractivity contribution in [2.24, 2.45) is 0 Å². The normalized spacial score (nSPS) is 10.1. The molecule has 0 atom stereocenters. The number of unbranched alkanes of at least 4 members (excludes halogenated alkanes) is 2. The van der Waals surface area contributed by atoms with E-state index in [0.29, 0.717) is 0 Å². The first-order valence-corrected chi connectivity index (χ1v) is 5.31. The lowest BCUT2D eigenvalue weighted by molar-refractivity contribution is 0.747. The van der Waals surface area contributed by atoms with Crippen molar-refractivity contribution in [3.8, 4) is 0 Å². The van der Waals surface area contributed by atoms with Crippen LogP contribution in [-0.4, -0.2) is 21.8 Å². The summed E-state index contributed by atoms with van der Waals surface area (Å²) in [5.74, 6) is 0.763. The summed E-state index contributed by atoms with van der Waals surface area (Å²) in [6.07, 6.45) is 4.98. The first-order valence-electron chi connectivity index (χ1n) is 4.00. The highest BCUT2D eigenvalue weighted by Crippen LogP contribution is 2.06. The van der Waals surface area contributed by atoms with E-state index in [1.807, 2.05) is 0 Å². The number of nitrogens with zero attached hydrogens (tertiary/aromatic N) is 2. The number of alkyl halides is 1. The van der Waals surface area contributed by atoms with Gasteiger partial charge in [-0.3, -0.25) is 0 Å². The quantitative estimate of drug-likeness (QED) is 0.573. The summed E-state index contributed by atoms with van der Waals surface area (Å²) in [5, 5.41) is 4.09. The molecule has 1 N–H and O–H groups in total. The second-order valence-corrected chi connectivity index (χ2v) is 3.58. The first kappa shape index (κ1) is 9.74. The summed E-state index contributed by atoms with van der Waals surface area (Å²) in [7, 11) is 0. The zero-order valence-corrected chi connectivity index (χ0v) is 8.37. The fraction of sp³-hybridized carbons (Fsp3) is 0.714. The first-order chi connectivity index (χ1) is 5.93. The molecule has 1 heterocycles. The van der Waals surface area contributed by atoms with Crippen molar-refractivity contribution in [1.29, 1.82) is 0 Å². The molecule has 0 aliphatic rings. The molecule has 12 heavy (non-hydrogen) atoms. The van der Waals surface area contributed by atoms with Crippen molar-refractivity contribution in [2.75, 3.05) is 17.7 Å². The van der Waals surface area contributed by atoms with Gasteiger partial charge in [0.05, 0.1) is 0 Å². The highest BCUT2D eigenvalue weighted by Gasteiger charge is 1.93. The molecule has 0 saturated heterocycles. The lowest BCUT2D eigenvalue weighted by Crippen LogP contribution is -2.00. The molecule has 0 unspecified atom stereocenters. The Balaban J connectivity index is 1.96. The third-order valence-corrected chi connectivity index (χ3v) is 2.34. The van der Waals surface area contributed by atoms with E-state index in [1.165, 1.54) is 18.0 Å². The molecule has 0 spiro atoms. The smallest absolute Gasteiger partial charge is 0.202 e. The molecule has 1 rings (SSSR count). The second-order valence-electron chi connectivity index (χ2n) is 2.42.